The zero-order chi connectivity index (χ0) is 32.6. The first-order chi connectivity index (χ1) is 21.2. The summed E-state index contributed by atoms with van der Waals surface area (Å²) in [4.78, 5) is 40.2. The molecule has 2 aliphatic rings. The maximum Gasteiger partial charge on any atom is 0.416 e. The number of halogens is 4. The van der Waals surface area contributed by atoms with E-state index in [4.69, 9.17) is 11.6 Å². The number of nitro benzene ring substituents is 1. The van der Waals surface area contributed by atoms with Gasteiger partial charge in [-0.05, 0) is 54.8 Å². The van der Waals surface area contributed by atoms with E-state index >= 15 is 0 Å². The van der Waals surface area contributed by atoms with Crippen molar-refractivity contribution in [1.82, 2.24) is 14.5 Å². The average molecular weight is 666 g/mol. The third kappa shape index (κ3) is 6.46. The monoisotopic (exact) mass is 665 g/mol. The Hall–Kier alpha value is -4.21. The van der Waals surface area contributed by atoms with Crippen molar-refractivity contribution >= 4 is 44.8 Å². The van der Waals surface area contributed by atoms with Crippen molar-refractivity contribution in [2.24, 2.45) is 0 Å². The lowest BCUT2D eigenvalue weighted by molar-refractivity contribution is -0.384. The number of sulfonamides is 1. The Morgan fingerprint density at radius 1 is 1.02 bits per heavy atom. The first-order valence-electron chi connectivity index (χ1n) is 13.7. The van der Waals surface area contributed by atoms with Crippen molar-refractivity contribution in [1.29, 1.82) is 0 Å². The van der Waals surface area contributed by atoms with Crippen LogP contribution in [0.15, 0.2) is 77.7 Å². The van der Waals surface area contributed by atoms with E-state index in [9.17, 15) is 41.3 Å². The SMILES string of the molecule is O=C(CN1CN(c2ccccc2)C2(CCN(S(=O)(=O)c3ccc(Cl)c([N+](=O)[O-])c3)CC2)C1=O)NCc1cccc(C(F)(F)F)c1. The van der Waals surface area contributed by atoms with Gasteiger partial charge in [-0.15, -0.1) is 0 Å². The molecule has 3 aromatic rings. The molecule has 2 fully saturated rings. The van der Waals surface area contributed by atoms with Gasteiger partial charge in [-0.3, -0.25) is 19.7 Å². The number of para-hydroxylation sites is 1. The van der Waals surface area contributed by atoms with Crippen LogP contribution in [0.1, 0.15) is 24.0 Å². The van der Waals surface area contributed by atoms with Crippen LogP contribution >= 0.6 is 11.6 Å². The van der Waals surface area contributed by atoms with E-state index in [1.165, 1.54) is 23.1 Å². The van der Waals surface area contributed by atoms with E-state index in [0.717, 1.165) is 28.6 Å². The number of hydrogen-bond donors (Lipinski definition) is 1. The number of alkyl halides is 3. The van der Waals surface area contributed by atoms with Gasteiger partial charge in [0.2, 0.25) is 21.8 Å². The summed E-state index contributed by atoms with van der Waals surface area (Å²) >= 11 is 5.86. The molecule has 16 heteroatoms. The molecule has 45 heavy (non-hydrogen) atoms. The van der Waals surface area contributed by atoms with Gasteiger partial charge in [-0.2, -0.15) is 17.5 Å². The van der Waals surface area contributed by atoms with Gasteiger partial charge in [0.1, 0.15) is 17.1 Å². The zero-order valence-corrected chi connectivity index (χ0v) is 25.1. The van der Waals surface area contributed by atoms with Crippen LogP contribution < -0.4 is 10.2 Å². The number of anilines is 1. The van der Waals surface area contributed by atoms with Crippen molar-refractivity contribution < 1.29 is 36.1 Å². The van der Waals surface area contributed by atoms with Crippen molar-refractivity contribution in [2.75, 3.05) is 31.2 Å². The molecule has 0 saturated carbocycles. The molecular weight excluding hydrogens is 639 g/mol. The number of carbonyl (C=O) groups excluding carboxylic acids is 2. The molecule has 238 valence electrons. The van der Waals surface area contributed by atoms with Crippen LogP contribution in [0.2, 0.25) is 5.02 Å². The Morgan fingerprint density at radius 3 is 2.36 bits per heavy atom. The topological polar surface area (TPSA) is 133 Å². The second kappa shape index (κ2) is 12.3. The van der Waals surface area contributed by atoms with Crippen molar-refractivity contribution in [3.05, 3.63) is 99.1 Å². The molecular formula is C29H27ClF3N5O6S. The number of nitrogens with zero attached hydrogens (tertiary/aromatic N) is 4. The van der Waals surface area contributed by atoms with Gasteiger partial charge < -0.3 is 15.1 Å². The van der Waals surface area contributed by atoms with Gasteiger partial charge in [0.15, 0.2) is 0 Å². The highest BCUT2D eigenvalue weighted by molar-refractivity contribution is 7.89. The summed E-state index contributed by atoms with van der Waals surface area (Å²) in [5.41, 5.74) is -1.64. The Bertz CT molecular complexity index is 1730. The summed E-state index contributed by atoms with van der Waals surface area (Å²) in [6.07, 6.45) is -4.39. The fourth-order valence-electron chi connectivity index (χ4n) is 5.65. The van der Waals surface area contributed by atoms with E-state index in [-0.39, 0.29) is 67.1 Å². The highest BCUT2D eigenvalue weighted by atomic mass is 35.5. The second-order valence-corrected chi connectivity index (χ2v) is 13.0. The Balaban J connectivity index is 1.32. The molecule has 1 spiro atoms. The van der Waals surface area contributed by atoms with E-state index < -0.39 is 43.8 Å². The highest BCUT2D eigenvalue weighted by Crippen LogP contribution is 2.41. The summed E-state index contributed by atoms with van der Waals surface area (Å²) in [6, 6.07) is 16.8. The van der Waals surface area contributed by atoms with Crippen molar-refractivity contribution in [2.45, 2.75) is 36.0 Å². The molecule has 0 aromatic heterocycles. The minimum absolute atomic E-state index is 0.0238. The van der Waals surface area contributed by atoms with Gasteiger partial charge in [-0.25, -0.2) is 8.42 Å². The van der Waals surface area contributed by atoms with Gasteiger partial charge in [-0.1, -0.05) is 41.9 Å². The molecule has 3 aromatic carbocycles. The third-order valence-electron chi connectivity index (χ3n) is 7.96. The lowest BCUT2D eigenvalue weighted by Crippen LogP contribution is -2.57. The molecule has 2 heterocycles. The average Bonchev–Trinajstić information content (AvgIpc) is 3.26. The first kappa shape index (κ1) is 32.2. The van der Waals surface area contributed by atoms with Crippen LogP contribution in [0, 0.1) is 10.1 Å². The van der Waals surface area contributed by atoms with Crippen LogP contribution in [0.25, 0.3) is 0 Å². The number of nitrogens with one attached hydrogen (secondary N) is 1. The highest BCUT2D eigenvalue weighted by Gasteiger charge is 2.55. The minimum Gasteiger partial charge on any atom is -0.350 e. The molecule has 2 amide bonds. The quantitative estimate of drug-likeness (QED) is 0.278. The predicted octanol–water partition coefficient (Wildman–Crippen LogP) is 4.41. The predicted molar refractivity (Wildman–Crippen MR) is 158 cm³/mol. The number of piperidine rings is 1. The Morgan fingerprint density at radius 2 is 1.71 bits per heavy atom. The van der Waals surface area contributed by atoms with E-state index in [1.807, 2.05) is 4.90 Å². The maximum atomic E-state index is 13.9. The molecule has 2 aliphatic heterocycles. The maximum absolute atomic E-state index is 13.9. The zero-order valence-electron chi connectivity index (χ0n) is 23.5. The molecule has 0 bridgehead atoms. The fraction of sp³-hybridized carbons (Fsp3) is 0.310. The molecule has 11 nitrogen and oxygen atoms in total. The molecule has 5 rings (SSSR count). The number of benzene rings is 3. The van der Waals surface area contributed by atoms with Crippen LogP contribution in [-0.2, 0) is 32.3 Å². The van der Waals surface area contributed by atoms with Gasteiger partial charge in [0.25, 0.3) is 5.69 Å². The molecule has 2 saturated heterocycles. The van der Waals surface area contributed by atoms with Gasteiger partial charge in [0, 0.05) is 31.4 Å². The summed E-state index contributed by atoms with van der Waals surface area (Å²) in [5.74, 6) is -0.963. The fourth-order valence-corrected chi connectivity index (χ4v) is 7.30. The van der Waals surface area contributed by atoms with Crippen LogP contribution in [0.4, 0.5) is 24.5 Å². The minimum atomic E-state index is -4.53. The summed E-state index contributed by atoms with van der Waals surface area (Å²) in [7, 11) is -4.17. The first-order valence-corrected chi connectivity index (χ1v) is 15.5. The summed E-state index contributed by atoms with van der Waals surface area (Å²) in [5, 5.41) is 13.7. The number of hydrogen-bond acceptors (Lipinski definition) is 7. The van der Waals surface area contributed by atoms with Crippen molar-refractivity contribution in [3.8, 4) is 0 Å². The third-order valence-corrected chi connectivity index (χ3v) is 10.2. The lowest BCUT2D eigenvalue weighted by atomic mass is 9.86. The second-order valence-electron chi connectivity index (χ2n) is 10.7. The largest absolute Gasteiger partial charge is 0.416 e. The number of rotatable bonds is 8. The molecule has 1 N–H and O–H groups in total. The Labute approximate surface area is 261 Å². The number of nitro groups is 1. The summed E-state index contributed by atoms with van der Waals surface area (Å²) in [6.45, 7) is -0.671. The standard InChI is InChI=1S/C29H27ClF3N5O6S/c30-24-10-9-23(16-25(24)38(41)42)45(43,44)36-13-11-28(12-14-36)27(40)35(19-37(28)22-7-2-1-3-8-22)18-26(39)34-17-20-5-4-6-21(15-20)29(31,32)33/h1-10,15-16H,11-14,17-19H2,(H,34,39). The van der Waals surface area contributed by atoms with E-state index in [1.54, 1.807) is 30.3 Å². The molecule has 0 unspecified atom stereocenters. The van der Waals surface area contributed by atoms with Crippen LogP contribution in [-0.4, -0.2) is 66.2 Å². The number of amides is 2. The molecule has 0 atom stereocenters. The van der Waals surface area contributed by atoms with Crippen LogP contribution in [0.5, 0.6) is 0 Å². The van der Waals surface area contributed by atoms with Gasteiger partial charge in [0.05, 0.1) is 22.1 Å². The number of carbonyl (C=O) groups is 2. The van der Waals surface area contributed by atoms with E-state index in [0.29, 0.717) is 5.69 Å². The molecule has 0 aliphatic carbocycles. The van der Waals surface area contributed by atoms with Gasteiger partial charge >= 0.3 is 6.18 Å². The van der Waals surface area contributed by atoms with Crippen LogP contribution in [0.3, 0.4) is 0 Å². The lowest BCUT2D eigenvalue weighted by Gasteiger charge is -2.42. The smallest absolute Gasteiger partial charge is 0.350 e. The van der Waals surface area contributed by atoms with E-state index in [2.05, 4.69) is 5.32 Å². The summed E-state index contributed by atoms with van der Waals surface area (Å²) < 4.78 is 67.2. The Kier molecular flexibility index (Phi) is 8.79. The van der Waals surface area contributed by atoms with Crippen molar-refractivity contribution in [3.63, 3.8) is 0 Å². The molecule has 0 radical (unpaired) electrons. The normalized spacial score (nSPS) is 17.1.